The first-order valence-corrected chi connectivity index (χ1v) is 7.84. The highest BCUT2D eigenvalue weighted by molar-refractivity contribution is 5.83. The molecule has 1 aromatic carbocycles. The maximum atomic E-state index is 12.5. The van der Waals surface area contributed by atoms with Crippen LogP contribution in [0.1, 0.15) is 38.7 Å². The Morgan fingerprint density at radius 1 is 1.23 bits per heavy atom. The van der Waals surface area contributed by atoms with E-state index in [4.69, 9.17) is 0 Å². The van der Waals surface area contributed by atoms with E-state index in [1.165, 1.54) is 0 Å². The van der Waals surface area contributed by atoms with Gasteiger partial charge in [0.2, 0.25) is 0 Å². The number of urea groups is 1. The van der Waals surface area contributed by atoms with Crippen LogP contribution >= 0.6 is 0 Å². The van der Waals surface area contributed by atoms with Gasteiger partial charge in [0, 0.05) is 18.5 Å². The Balaban J connectivity index is 2.04. The van der Waals surface area contributed by atoms with Crippen molar-refractivity contribution in [1.82, 2.24) is 10.2 Å². The van der Waals surface area contributed by atoms with E-state index in [-0.39, 0.29) is 18.1 Å². The van der Waals surface area contributed by atoms with Crippen molar-refractivity contribution >= 4 is 12.0 Å². The molecule has 2 rings (SSSR count). The van der Waals surface area contributed by atoms with Crippen LogP contribution in [0.15, 0.2) is 30.3 Å². The molecule has 0 spiro atoms. The van der Waals surface area contributed by atoms with Gasteiger partial charge in [-0.15, -0.1) is 0 Å². The van der Waals surface area contributed by atoms with Crippen LogP contribution in [-0.4, -0.2) is 40.1 Å². The molecule has 1 heterocycles. The van der Waals surface area contributed by atoms with Crippen LogP contribution < -0.4 is 5.32 Å². The van der Waals surface area contributed by atoms with E-state index >= 15 is 0 Å². The number of carbonyl (C=O) groups is 2. The predicted molar refractivity (Wildman–Crippen MR) is 84.7 cm³/mol. The number of nitrogens with zero attached hydrogens (tertiary/aromatic N) is 1. The zero-order valence-electron chi connectivity index (χ0n) is 13.2. The average Bonchev–Trinajstić information content (AvgIpc) is 2.47. The smallest absolute Gasteiger partial charge is 0.326 e. The molecule has 1 aromatic rings. The second-order valence-electron chi connectivity index (χ2n) is 6.07. The number of hydrogen-bond acceptors (Lipinski definition) is 2. The van der Waals surface area contributed by atoms with Gasteiger partial charge >= 0.3 is 12.0 Å². The maximum absolute atomic E-state index is 12.5. The van der Waals surface area contributed by atoms with Crippen molar-refractivity contribution in [1.29, 1.82) is 0 Å². The van der Waals surface area contributed by atoms with Crippen LogP contribution in [0.25, 0.3) is 0 Å². The number of nitrogens with one attached hydrogen (secondary N) is 1. The lowest BCUT2D eigenvalue weighted by molar-refractivity contribution is -0.139. The number of piperidine rings is 1. The normalized spacial score (nSPS) is 22.9. The molecule has 0 saturated carbocycles. The summed E-state index contributed by atoms with van der Waals surface area (Å²) in [7, 11) is 0. The van der Waals surface area contributed by atoms with Crippen molar-refractivity contribution in [3.8, 4) is 0 Å². The molecule has 1 saturated heterocycles. The summed E-state index contributed by atoms with van der Waals surface area (Å²) in [6.45, 7) is 4.03. The van der Waals surface area contributed by atoms with Crippen LogP contribution in [0.2, 0.25) is 0 Å². The van der Waals surface area contributed by atoms with Crippen molar-refractivity contribution in [3.63, 3.8) is 0 Å². The lowest BCUT2D eigenvalue weighted by atomic mass is 9.98. The number of carboxylic acid groups (broad SMARTS) is 1. The highest BCUT2D eigenvalue weighted by Crippen LogP contribution is 2.22. The second-order valence-corrected chi connectivity index (χ2v) is 6.07. The fraction of sp³-hybridized carbons (Fsp3) is 0.529. The predicted octanol–water partition coefficient (Wildman–Crippen LogP) is 2.65. The first-order chi connectivity index (χ1) is 10.5. The number of carboxylic acids is 1. The summed E-state index contributed by atoms with van der Waals surface area (Å²) in [5.41, 5.74) is 0.898. The minimum atomic E-state index is -1.01. The Labute approximate surface area is 131 Å². The van der Waals surface area contributed by atoms with Gasteiger partial charge in [-0.05, 0) is 38.7 Å². The van der Waals surface area contributed by atoms with Crippen molar-refractivity contribution < 1.29 is 14.7 Å². The van der Waals surface area contributed by atoms with Crippen LogP contribution in [-0.2, 0) is 11.2 Å². The molecule has 0 aliphatic carbocycles. The molecule has 3 atom stereocenters. The Morgan fingerprint density at radius 3 is 2.36 bits per heavy atom. The molecule has 0 bridgehead atoms. The number of rotatable bonds is 4. The molecule has 0 radical (unpaired) electrons. The summed E-state index contributed by atoms with van der Waals surface area (Å²) < 4.78 is 0. The fourth-order valence-corrected chi connectivity index (χ4v) is 3.10. The Hall–Kier alpha value is -2.04. The maximum Gasteiger partial charge on any atom is 0.326 e. The van der Waals surface area contributed by atoms with Crippen molar-refractivity contribution in [2.75, 3.05) is 0 Å². The van der Waals surface area contributed by atoms with Crippen molar-refractivity contribution in [2.45, 2.75) is 57.7 Å². The zero-order valence-corrected chi connectivity index (χ0v) is 13.2. The van der Waals surface area contributed by atoms with Crippen LogP contribution in [0, 0.1) is 0 Å². The summed E-state index contributed by atoms with van der Waals surface area (Å²) in [5, 5.41) is 12.1. The molecule has 1 fully saturated rings. The molecule has 120 valence electrons. The summed E-state index contributed by atoms with van der Waals surface area (Å²) in [6.07, 6.45) is 3.33. The molecule has 22 heavy (non-hydrogen) atoms. The lowest BCUT2D eigenvalue weighted by Crippen LogP contribution is -2.55. The van der Waals surface area contributed by atoms with Gasteiger partial charge in [0.25, 0.3) is 0 Å². The molecule has 5 heteroatoms. The first-order valence-electron chi connectivity index (χ1n) is 7.84. The SMILES string of the molecule is CC1CCCC(C)N1C(=O)N[C@@H](Cc1ccccc1)C(=O)O. The van der Waals surface area contributed by atoms with Gasteiger partial charge in [0.1, 0.15) is 6.04 Å². The number of carbonyl (C=O) groups excluding carboxylic acids is 1. The molecule has 2 N–H and O–H groups in total. The third-order valence-corrected chi connectivity index (χ3v) is 4.31. The minimum absolute atomic E-state index is 0.148. The standard InChI is InChI=1S/C17H24N2O3/c1-12-7-6-8-13(2)19(12)17(22)18-15(16(20)21)11-14-9-4-3-5-10-14/h3-5,9-10,12-13,15H,6-8,11H2,1-2H3,(H,18,22)(H,20,21)/t12?,13?,15-/m0/s1. The van der Waals surface area contributed by atoms with E-state index in [0.29, 0.717) is 6.42 Å². The highest BCUT2D eigenvalue weighted by atomic mass is 16.4. The second kappa shape index (κ2) is 7.29. The largest absolute Gasteiger partial charge is 0.480 e. The number of benzene rings is 1. The Morgan fingerprint density at radius 2 is 1.82 bits per heavy atom. The first kappa shape index (κ1) is 16.3. The quantitative estimate of drug-likeness (QED) is 0.898. The van der Waals surface area contributed by atoms with E-state index in [2.05, 4.69) is 5.32 Å². The van der Waals surface area contributed by atoms with Crippen LogP contribution in [0.5, 0.6) is 0 Å². The number of likely N-dealkylation sites (tertiary alicyclic amines) is 1. The molecule has 1 aliphatic heterocycles. The van der Waals surface area contributed by atoms with Gasteiger partial charge < -0.3 is 15.3 Å². The van der Waals surface area contributed by atoms with Crippen LogP contribution in [0.4, 0.5) is 4.79 Å². The fourth-order valence-electron chi connectivity index (χ4n) is 3.10. The molecule has 0 aromatic heterocycles. The number of hydrogen-bond donors (Lipinski definition) is 2. The Bertz CT molecular complexity index is 508. The third kappa shape index (κ3) is 4.00. The van der Waals surface area contributed by atoms with Gasteiger partial charge in [-0.25, -0.2) is 9.59 Å². The van der Waals surface area contributed by atoms with E-state index in [9.17, 15) is 14.7 Å². The summed E-state index contributed by atoms with van der Waals surface area (Å²) in [4.78, 5) is 25.7. The topological polar surface area (TPSA) is 69.6 Å². The molecule has 5 nitrogen and oxygen atoms in total. The molecule has 2 unspecified atom stereocenters. The monoisotopic (exact) mass is 304 g/mol. The average molecular weight is 304 g/mol. The highest BCUT2D eigenvalue weighted by Gasteiger charge is 2.31. The lowest BCUT2D eigenvalue weighted by Gasteiger charge is -2.39. The van der Waals surface area contributed by atoms with Gasteiger partial charge in [0.05, 0.1) is 0 Å². The van der Waals surface area contributed by atoms with Crippen molar-refractivity contribution in [2.24, 2.45) is 0 Å². The van der Waals surface area contributed by atoms with E-state index < -0.39 is 12.0 Å². The van der Waals surface area contributed by atoms with Gasteiger partial charge in [-0.1, -0.05) is 30.3 Å². The Kier molecular flexibility index (Phi) is 5.41. The van der Waals surface area contributed by atoms with Gasteiger partial charge in [0.15, 0.2) is 0 Å². The van der Waals surface area contributed by atoms with E-state index in [1.54, 1.807) is 4.90 Å². The molecule has 2 amide bonds. The van der Waals surface area contributed by atoms with E-state index in [0.717, 1.165) is 24.8 Å². The van der Waals surface area contributed by atoms with Crippen LogP contribution in [0.3, 0.4) is 0 Å². The van der Waals surface area contributed by atoms with E-state index in [1.807, 2.05) is 44.2 Å². The van der Waals surface area contributed by atoms with Gasteiger partial charge in [-0.3, -0.25) is 0 Å². The third-order valence-electron chi connectivity index (χ3n) is 4.31. The zero-order chi connectivity index (χ0) is 16.1. The molecular weight excluding hydrogens is 280 g/mol. The molecule has 1 aliphatic rings. The summed E-state index contributed by atoms with van der Waals surface area (Å²) in [5.74, 6) is -1.01. The number of aliphatic carboxylic acids is 1. The summed E-state index contributed by atoms with van der Waals surface area (Å²) >= 11 is 0. The number of amides is 2. The summed E-state index contributed by atoms with van der Waals surface area (Å²) in [6, 6.07) is 8.47. The minimum Gasteiger partial charge on any atom is -0.480 e. The van der Waals surface area contributed by atoms with Crippen molar-refractivity contribution in [3.05, 3.63) is 35.9 Å². The molecular formula is C17H24N2O3. The van der Waals surface area contributed by atoms with Gasteiger partial charge in [-0.2, -0.15) is 0 Å².